The van der Waals surface area contributed by atoms with Gasteiger partial charge in [0, 0.05) is 5.41 Å². The molecular weight excluding hydrogens is 398 g/mol. The summed E-state index contributed by atoms with van der Waals surface area (Å²) < 4.78 is 0. The van der Waals surface area contributed by atoms with Crippen LogP contribution in [0.25, 0.3) is 0 Å². The van der Waals surface area contributed by atoms with Crippen LogP contribution in [-0.4, -0.2) is 35.6 Å². The van der Waals surface area contributed by atoms with Gasteiger partial charge in [0.05, 0.1) is 23.3 Å². The highest BCUT2D eigenvalue weighted by Crippen LogP contribution is 2.47. The quantitative estimate of drug-likeness (QED) is 0.718. The van der Waals surface area contributed by atoms with Gasteiger partial charge in [-0.2, -0.15) is 10.5 Å². The molecule has 2 atom stereocenters. The smallest absolute Gasteiger partial charge is 0.320 e. The van der Waals surface area contributed by atoms with E-state index in [1.165, 1.54) is 16.7 Å². The summed E-state index contributed by atoms with van der Waals surface area (Å²) in [5, 5.41) is 27.6. The first-order valence-corrected chi connectivity index (χ1v) is 9.88. The van der Waals surface area contributed by atoms with Gasteiger partial charge in [0.15, 0.2) is 0 Å². The van der Waals surface area contributed by atoms with Crippen molar-refractivity contribution in [2.45, 2.75) is 44.1 Å². The van der Waals surface area contributed by atoms with E-state index in [2.05, 4.69) is 18.2 Å². The molecule has 30 heavy (non-hydrogen) atoms. The van der Waals surface area contributed by atoms with E-state index in [0.29, 0.717) is 17.7 Å². The molecule has 156 valence electrons. The minimum Gasteiger partial charge on any atom is -0.480 e. The van der Waals surface area contributed by atoms with E-state index in [1.54, 1.807) is 6.92 Å². The van der Waals surface area contributed by atoms with Crippen LogP contribution < -0.4 is 0 Å². The molecule has 5 nitrogen and oxygen atoms in total. The highest BCUT2D eigenvalue weighted by atomic mass is 35.5. The summed E-state index contributed by atoms with van der Waals surface area (Å²) >= 11 is 0. The summed E-state index contributed by atoms with van der Waals surface area (Å²) in [4.78, 5) is 13.1. The maximum absolute atomic E-state index is 11.2. The third kappa shape index (κ3) is 4.49. The van der Waals surface area contributed by atoms with Gasteiger partial charge in [-0.1, -0.05) is 18.2 Å². The van der Waals surface area contributed by atoms with Crippen LogP contribution in [0, 0.1) is 22.7 Å². The lowest BCUT2D eigenvalue weighted by Crippen LogP contribution is -2.37. The number of carboxylic acids is 1. The Bertz CT molecular complexity index is 991. The van der Waals surface area contributed by atoms with E-state index in [4.69, 9.17) is 5.26 Å². The van der Waals surface area contributed by atoms with E-state index in [-0.39, 0.29) is 17.8 Å². The predicted octanol–water partition coefficient (Wildman–Crippen LogP) is 4.27. The standard InChI is InChI=1S/C24H25N3O2.ClH/c1-17(23(28)29)27(2)13-3-11-24(21-7-4-18(15-25)5-8-21)12-10-20-14-19(16-26)6-9-22(20)24;/h4-9,14,17H,3,10-13H2,1-2H3,(H,28,29);1H. The van der Waals surface area contributed by atoms with E-state index in [0.717, 1.165) is 25.7 Å². The van der Waals surface area contributed by atoms with Crippen LogP contribution in [0.5, 0.6) is 0 Å². The summed E-state index contributed by atoms with van der Waals surface area (Å²) in [6.07, 6.45) is 3.59. The summed E-state index contributed by atoms with van der Waals surface area (Å²) in [6.45, 7) is 2.39. The Morgan fingerprint density at radius 1 is 1.17 bits per heavy atom. The molecule has 2 unspecified atom stereocenters. The highest BCUT2D eigenvalue weighted by Gasteiger charge is 2.40. The van der Waals surface area contributed by atoms with Crippen LogP contribution >= 0.6 is 12.4 Å². The monoisotopic (exact) mass is 423 g/mol. The van der Waals surface area contributed by atoms with Gasteiger partial charge in [0.1, 0.15) is 6.04 Å². The Kier molecular flexibility index (Phi) is 7.62. The summed E-state index contributed by atoms with van der Waals surface area (Å²) in [6, 6.07) is 17.6. The normalized spacial score (nSPS) is 18.0. The molecule has 1 aliphatic carbocycles. The molecule has 1 N–H and O–H groups in total. The van der Waals surface area contributed by atoms with Gasteiger partial charge in [-0.05, 0) is 87.2 Å². The SMILES string of the molecule is CC(C(=O)O)N(C)CCCC1(c2ccc(C#N)cc2)CCc2cc(C#N)ccc21.Cl. The molecule has 0 heterocycles. The Morgan fingerprint density at radius 2 is 1.80 bits per heavy atom. The minimum absolute atomic E-state index is 0. The minimum atomic E-state index is -0.815. The number of aryl methyl sites for hydroxylation is 1. The van der Waals surface area contributed by atoms with Gasteiger partial charge in [-0.3, -0.25) is 9.69 Å². The number of nitrogens with zero attached hydrogens (tertiary/aromatic N) is 3. The molecule has 2 aromatic carbocycles. The van der Waals surface area contributed by atoms with Crippen molar-refractivity contribution in [1.29, 1.82) is 10.5 Å². The third-order valence-electron chi connectivity index (χ3n) is 6.27. The Balaban J connectivity index is 0.00000320. The van der Waals surface area contributed by atoms with Gasteiger partial charge in [0.25, 0.3) is 0 Å². The number of fused-ring (bicyclic) bond motifs is 1. The number of aliphatic carboxylic acids is 1. The van der Waals surface area contributed by atoms with E-state index < -0.39 is 12.0 Å². The second kappa shape index (κ2) is 9.76. The van der Waals surface area contributed by atoms with Crippen molar-refractivity contribution >= 4 is 18.4 Å². The first-order chi connectivity index (χ1) is 13.9. The summed E-state index contributed by atoms with van der Waals surface area (Å²) in [5.74, 6) is -0.815. The molecule has 0 saturated carbocycles. The highest BCUT2D eigenvalue weighted by molar-refractivity contribution is 5.85. The molecule has 0 spiro atoms. The van der Waals surface area contributed by atoms with Crippen LogP contribution in [0.4, 0.5) is 0 Å². The van der Waals surface area contributed by atoms with Gasteiger partial charge >= 0.3 is 5.97 Å². The maximum atomic E-state index is 11.2. The molecule has 1 aliphatic rings. The zero-order chi connectivity index (χ0) is 21.0. The van der Waals surface area contributed by atoms with E-state index in [9.17, 15) is 15.2 Å². The second-order valence-corrected chi connectivity index (χ2v) is 7.85. The molecular formula is C24H26ClN3O2. The zero-order valence-corrected chi connectivity index (χ0v) is 18.1. The topological polar surface area (TPSA) is 88.1 Å². The van der Waals surface area contributed by atoms with Crippen LogP contribution in [0.1, 0.15) is 54.0 Å². The molecule has 0 radical (unpaired) electrons. The van der Waals surface area contributed by atoms with Gasteiger partial charge in [-0.25, -0.2) is 0 Å². The fraction of sp³-hybridized carbons (Fsp3) is 0.375. The first-order valence-electron chi connectivity index (χ1n) is 9.88. The number of carboxylic acid groups (broad SMARTS) is 1. The zero-order valence-electron chi connectivity index (χ0n) is 17.3. The van der Waals surface area contributed by atoms with Crippen LogP contribution in [-0.2, 0) is 16.6 Å². The van der Waals surface area contributed by atoms with Crippen molar-refractivity contribution in [1.82, 2.24) is 4.90 Å². The number of hydrogen-bond acceptors (Lipinski definition) is 4. The number of halogens is 1. The Labute approximate surface area is 184 Å². The van der Waals surface area contributed by atoms with Gasteiger partial charge < -0.3 is 5.11 Å². The fourth-order valence-corrected chi connectivity index (χ4v) is 4.40. The fourth-order valence-electron chi connectivity index (χ4n) is 4.40. The van der Waals surface area contributed by atoms with Gasteiger partial charge in [0.2, 0.25) is 0 Å². The van der Waals surface area contributed by atoms with Crippen molar-refractivity contribution in [3.8, 4) is 12.1 Å². The number of hydrogen-bond donors (Lipinski definition) is 1. The van der Waals surface area contributed by atoms with Crippen molar-refractivity contribution in [2.24, 2.45) is 0 Å². The van der Waals surface area contributed by atoms with E-state index in [1.807, 2.05) is 48.3 Å². The average Bonchev–Trinajstić information content (AvgIpc) is 3.11. The molecule has 2 aromatic rings. The second-order valence-electron chi connectivity index (χ2n) is 7.85. The van der Waals surface area contributed by atoms with Crippen molar-refractivity contribution < 1.29 is 9.90 Å². The number of carbonyl (C=O) groups is 1. The van der Waals surface area contributed by atoms with Gasteiger partial charge in [-0.15, -0.1) is 12.4 Å². The Hall–Kier alpha value is -2.86. The number of benzene rings is 2. The number of likely N-dealkylation sites (N-methyl/N-ethyl adjacent to an activating group) is 1. The molecule has 0 aromatic heterocycles. The molecule has 0 aliphatic heterocycles. The largest absolute Gasteiger partial charge is 0.480 e. The number of nitriles is 2. The molecule has 0 bridgehead atoms. The maximum Gasteiger partial charge on any atom is 0.320 e. The lowest BCUT2D eigenvalue weighted by Gasteiger charge is -2.33. The van der Waals surface area contributed by atoms with Crippen molar-refractivity contribution in [3.63, 3.8) is 0 Å². The van der Waals surface area contributed by atoms with E-state index >= 15 is 0 Å². The van der Waals surface area contributed by atoms with Crippen molar-refractivity contribution in [3.05, 3.63) is 70.3 Å². The van der Waals surface area contributed by atoms with Crippen molar-refractivity contribution in [2.75, 3.05) is 13.6 Å². The Morgan fingerprint density at radius 3 is 2.40 bits per heavy atom. The molecule has 0 fully saturated rings. The lowest BCUT2D eigenvalue weighted by molar-refractivity contribution is -0.142. The molecule has 6 heteroatoms. The number of rotatable bonds is 7. The molecule has 0 saturated heterocycles. The van der Waals surface area contributed by atoms with Crippen LogP contribution in [0.2, 0.25) is 0 Å². The summed E-state index contributed by atoms with van der Waals surface area (Å²) in [5.41, 5.74) is 4.76. The third-order valence-corrected chi connectivity index (χ3v) is 6.27. The average molecular weight is 424 g/mol. The van der Waals surface area contributed by atoms with Crippen LogP contribution in [0.3, 0.4) is 0 Å². The lowest BCUT2D eigenvalue weighted by atomic mass is 9.72. The first kappa shape index (κ1) is 23.4. The molecule has 0 amide bonds. The predicted molar refractivity (Wildman–Crippen MR) is 118 cm³/mol. The molecule has 3 rings (SSSR count). The summed E-state index contributed by atoms with van der Waals surface area (Å²) in [7, 11) is 1.84. The van der Waals surface area contributed by atoms with Crippen LogP contribution in [0.15, 0.2) is 42.5 Å².